The fourth-order valence-corrected chi connectivity index (χ4v) is 2.59. The lowest BCUT2D eigenvalue weighted by Crippen LogP contribution is -2.37. The highest BCUT2D eigenvalue weighted by Crippen LogP contribution is 2.13. The SMILES string of the molecule is CSC(CO)C(C)NCc1ccc2nc[nH]c2c1. The van der Waals surface area contributed by atoms with Crippen LogP contribution in [0.4, 0.5) is 0 Å². The Balaban J connectivity index is 1.96. The van der Waals surface area contributed by atoms with Gasteiger partial charge in [-0.05, 0) is 30.9 Å². The molecule has 0 amide bonds. The number of aromatic amines is 1. The van der Waals surface area contributed by atoms with Gasteiger partial charge in [0.2, 0.25) is 0 Å². The number of imidazole rings is 1. The number of aromatic nitrogens is 2. The molecule has 0 aliphatic heterocycles. The molecule has 3 N–H and O–H groups in total. The highest BCUT2D eigenvalue weighted by atomic mass is 32.2. The Morgan fingerprint density at radius 3 is 3.06 bits per heavy atom. The van der Waals surface area contributed by atoms with Crippen molar-refractivity contribution in [3.8, 4) is 0 Å². The maximum atomic E-state index is 9.23. The van der Waals surface area contributed by atoms with Gasteiger partial charge in [-0.2, -0.15) is 11.8 Å². The molecule has 0 saturated heterocycles. The predicted octanol–water partition coefficient (Wildman–Crippen LogP) is 1.76. The number of hydrogen-bond acceptors (Lipinski definition) is 4. The number of thioether (sulfide) groups is 1. The number of benzene rings is 1. The zero-order valence-corrected chi connectivity index (χ0v) is 11.5. The molecular weight excluding hydrogens is 246 g/mol. The Bertz CT molecular complexity index is 496. The molecule has 5 heteroatoms. The van der Waals surface area contributed by atoms with Gasteiger partial charge in [0.25, 0.3) is 0 Å². The second-order valence-electron chi connectivity index (χ2n) is 4.38. The van der Waals surface area contributed by atoms with Crippen molar-refractivity contribution in [2.24, 2.45) is 0 Å². The van der Waals surface area contributed by atoms with Gasteiger partial charge in [0.15, 0.2) is 0 Å². The number of hydrogen-bond donors (Lipinski definition) is 3. The number of aliphatic hydroxyl groups is 1. The van der Waals surface area contributed by atoms with Crippen molar-refractivity contribution < 1.29 is 5.11 Å². The highest BCUT2D eigenvalue weighted by Gasteiger charge is 2.14. The molecule has 2 aromatic rings. The number of nitrogens with zero attached hydrogens (tertiary/aromatic N) is 1. The summed E-state index contributed by atoms with van der Waals surface area (Å²) in [5.41, 5.74) is 3.27. The molecule has 0 bridgehead atoms. The van der Waals surface area contributed by atoms with Gasteiger partial charge in [-0.25, -0.2) is 4.98 Å². The molecular formula is C13H19N3OS. The molecule has 4 nitrogen and oxygen atoms in total. The third-order valence-corrected chi connectivity index (χ3v) is 4.32. The third-order valence-electron chi connectivity index (χ3n) is 3.15. The third kappa shape index (κ3) is 3.04. The summed E-state index contributed by atoms with van der Waals surface area (Å²) >= 11 is 1.69. The van der Waals surface area contributed by atoms with E-state index in [1.54, 1.807) is 18.1 Å². The fraction of sp³-hybridized carbons (Fsp3) is 0.462. The highest BCUT2D eigenvalue weighted by molar-refractivity contribution is 7.99. The molecule has 1 aromatic heterocycles. The van der Waals surface area contributed by atoms with Crippen LogP contribution in [0.2, 0.25) is 0 Å². The Morgan fingerprint density at radius 2 is 2.33 bits per heavy atom. The van der Waals surface area contributed by atoms with Crippen LogP contribution in [0.3, 0.4) is 0 Å². The minimum Gasteiger partial charge on any atom is -0.395 e. The molecule has 18 heavy (non-hydrogen) atoms. The van der Waals surface area contributed by atoms with Crippen molar-refractivity contribution >= 4 is 22.8 Å². The lowest BCUT2D eigenvalue weighted by molar-refractivity contribution is 0.276. The molecule has 2 rings (SSSR count). The van der Waals surface area contributed by atoms with Crippen LogP contribution in [0.15, 0.2) is 24.5 Å². The Morgan fingerprint density at radius 1 is 1.50 bits per heavy atom. The lowest BCUT2D eigenvalue weighted by atomic mass is 10.1. The first-order valence-electron chi connectivity index (χ1n) is 6.03. The van der Waals surface area contributed by atoms with Gasteiger partial charge in [0, 0.05) is 17.8 Å². The van der Waals surface area contributed by atoms with Crippen molar-refractivity contribution in [1.29, 1.82) is 0 Å². The average molecular weight is 265 g/mol. The number of H-pyrrole nitrogens is 1. The van der Waals surface area contributed by atoms with Gasteiger partial charge in [-0.1, -0.05) is 6.07 Å². The van der Waals surface area contributed by atoms with Crippen LogP contribution in [0.5, 0.6) is 0 Å². The molecule has 0 aliphatic rings. The molecule has 98 valence electrons. The Hall–Kier alpha value is -1.04. The fourth-order valence-electron chi connectivity index (χ4n) is 1.94. The van der Waals surface area contributed by atoms with Crippen molar-refractivity contribution in [2.75, 3.05) is 12.9 Å². The van der Waals surface area contributed by atoms with E-state index in [1.807, 2.05) is 12.3 Å². The summed E-state index contributed by atoms with van der Waals surface area (Å²) in [4.78, 5) is 7.31. The van der Waals surface area contributed by atoms with Gasteiger partial charge in [-0.15, -0.1) is 0 Å². The molecule has 1 aromatic carbocycles. The zero-order valence-electron chi connectivity index (χ0n) is 10.7. The maximum Gasteiger partial charge on any atom is 0.0931 e. The van der Waals surface area contributed by atoms with Crippen LogP contribution in [-0.2, 0) is 6.54 Å². The van der Waals surface area contributed by atoms with E-state index in [9.17, 15) is 5.11 Å². The van der Waals surface area contributed by atoms with Gasteiger partial charge >= 0.3 is 0 Å². The van der Waals surface area contributed by atoms with Crippen LogP contribution in [-0.4, -0.2) is 39.2 Å². The first-order chi connectivity index (χ1) is 8.74. The molecule has 0 spiro atoms. The lowest BCUT2D eigenvalue weighted by Gasteiger charge is -2.21. The smallest absolute Gasteiger partial charge is 0.0931 e. The summed E-state index contributed by atoms with van der Waals surface area (Å²) in [6, 6.07) is 6.49. The Kier molecular flexibility index (Phi) is 4.63. The summed E-state index contributed by atoms with van der Waals surface area (Å²) in [7, 11) is 0. The number of fused-ring (bicyclic) bond motifs is 1. The molecule has 1 heterocycles. The standard InChI is InChI=1S/C13H19N3OS/c1-9(13(7-17)18-2)14-6-10-3-4-11-12(5-10)16-8-15-11/h3-5,8-9,13-14,17H,6-7H2,1-2H3,(H,15,16). The second kappa shape index (κ2) is 6.22. The van der Waals surface area contributed by atoms with E-state index in [4.69, 9.17) is 0 Å². The van der Waals surface area contributed by atoms with E-state index in [0.29, 0.717) is 0 Å². The minimum atomic E-state index is 0.203. The number of nitrogens with one attached hydrogen (secondary N) is 2. The van der Waals surface area contributed by atoms with Gasteiger partial charge in [0.05, 0.1) is 24.0 Å². The van der Waals surface area contributed by atoms with E-state index in [0.717, 1.165) is 17.6 Å². The van der Waals surface area contributed by atoms with Crippen LogP contribution < -0.4 is 5.32 Å². The van der Waals surface area contributed by atoms with E-state index < -0.39 is 0 Å². The van der Waals surface area contributed by atoms with Crippen molar-refractivity contribution in [1.82, 2.24) is 15.3 Å². The van der Waals surface area contributed by atoms with Gasteiger partial charge in [-0.3, -0.25) is 0 Å². The van der Waals surface area contributed by atoms with E-state index in [-0.39, 0.29) is 17.9 Å². The summed E-state index contributed by atoms with van der Waals surface area (Å²) in [6.45, 7) is 3.11. The summed E-state index contributed by atoms with van der Waals surface area (Å²) in [5, 5.41) is 12.9. The van der Waals surface area contributed by atoms with E-state index in [1.165, 1.54) is 5.56 Å². The monoisotopic (exact) mass is 265 g/mol. The van der Waals surface area contributed by atoms with Crippen LogP contribution in [0, 0.1) is 0 Å². The molecule has 0 aliphatic carbocycles. The van der Waals surface area contributed by atoms with Crippen LogP contribution in [0.1, 0.15) is 12.5 Å². The van der Waals surface area contributed by atoms with Crippen LogP contribution in [0.25, 0.3) is 11.0 Å². The summed E-state index contributed by atoms with van der Waals surface area (Å²) in [6.07, 6.45) is 3.73. The summed E-state index contributed by atoms with van der Waals surface area (Å²) < 4.78 is 0. The molecule has 2 atom stereocenters. The van der Waals surface area contributed by atoms with Crippen LogP contribution >= 0.6 is 11.8 Å². The molecule has 0 radical (unpaired) electrons. The normalized spacial score (nSPS) is 14.8. The van der Waals surface area contributed by atoms with Gasteiger partial charge in [0.1, 0.15) is 0 Å². The van der Waals surface area contributed by atoms with Gasteiger partial charge < -0.3 is 15.4 Å². The topological polar surface area (TPSA) is 60.9 Å². The number of aliphatic hydroxyl groups excluding tert-OH is 1. The Labute approximate surface area is 111 Å². The molecule has 0 saturated carbocycles. The van der Waals surface area contributed by atoms with E-state index >= 15 is 0 Å². The minimum absolute atomic E-state index is 0.203. The van der Waals surface area contributed by atoms with Crippen molar-refractivity contribution in [2.45, 2.75) is 24.8 Å². The average Bonchev–Trinajstić information content (AvgIpc) is 2.85. The summed E-state index contributed by atoms with van der Waals surface area (Å²) in [5.74, 6) is 0. The largest absolute Gasteiger partial charge is 0.395 e. The predicted molar refractivity (Wildman–Crippen MR) is 76.8 cm³/mol. The zero-order chi connectivity index (χ0) is 13.0. The number of rotatable bonds is 6. The van der Waals surface area contributed by atoms with Crippen molar-refractivity contribution in [3.63, 3.8) is 0 Å². The quantitative estimate of drug-likeness (QED) is 0.745. The van der Waals surface area contributed by atoms with E-state index in [2.05, 4.69) is 34.3 Å². The molecule has 2 unspecified atom stereocenters. The first-order valence-corrected chi connectivity index (χ1v) is 7.32. The second-order valence-corrected chi connectivity index (χ2v) is 5.46. The first kappa shape index (κ1) is 13.4. The molecule has 0 fully saturated rings. The maximum absolute atomic E-state index is 9.23. The van der Waals surface area contributed by atoms with Crippen molar-refractivity contribution in [3.05, 3.63) is 30.1 Å².